The Morgan fingerprint density at radius 1 is 1.07 bits per heavy atom. The highest BCUT2D eigenvalue weighted by molar-refractivity contribution is 7.92. The second-order valence-electron chi connectivity index (χ2n) is 6.10. The molecule has 2 aromatic rings. The highest BCUT2D eigenvalue weighted by Crippen LogP contribution is 2.21. The maximum atomic E-state index is 12.1. The Kier molecular flexibility index (Phi) is 7.67. The molecule has 1 amide bonds. The van der Waals surface area contributed by atoms with Crippen molar-refractivity contribution in [2.24, 2.45) is 0 Å². The van der Waals surface area contributed by atoms with E-state index >= 15 is 0 Å². The van der Waals surface area contributed by atoms with Crippen molar-refractivity contribution in [1.82, 2.24) is 5.32 Å². The Balaban J connectivity index is 1.88. The van der Waals surface area contributed by atoms with Crippen LogP contribution in [0.5, 0.6) is 5.75 Å². The van der Waals surface area contributed by atoms with Crippen molar-refractivity contribution < 1.29 is 17.9 Å². The van der Waals surface area contributed by atoms with Gasteiger partial charge in [-0.3, -0.25) is 9.10 Å². The monoisotopic (exact) mass is 390 g/mol. The minimum Gasteiger partial charge on any atom is -0.494 e. The van der Waals surface area contributed by atoms with E-state index < -0.39 is 10.0 Å². The normalized spacial score (nSPS) is 11.0. The van der Waals surface area contributed by atoms with E-state index in [1.807, 2.05) is 37.3 Å². The van der Waals surface area contributed by atoms with Crippen molar-refractivity contribution in [3.8, 4) is 5.75 Å². The molecule has 0 aliphatic rings. The van der Waals surface area contributed by atoms with Crippen LogP contribution in [0.25, 0.3) is 0 Å². The molecule has 0 aromatic heterocycles. The summed E-state index contributed by atoms with van der Waals surface area (Å²) in [5, 5.41) is 2.79. The van der Waals surface area contributed by atoms with Crippen molar-refractivity contribution in [2.45, 2.75) is 19.8 Å². The Morgan fingerprint density at radius 3 is 2.33 bits per heavy atom. The van der Waals surface area contributed by atoms with E-state index in [-0.39, 0.29) is 19.0 Å². The summed E-state index contributed by atoms with van der Waals surface area (Å²) in [5.41, 5.74) is 1.64. The molecule has 146 valence electrons. The predicted octanol–water partition coefficient (Wildman–Crippen LogP) is 2.60. The smallest absolute Gasteiger partial charge is 0.232 e. The van der Waals surface area contributed by atoms with Gasteiger partial charge in [0, 0.05) is 13.0 Å². The fourth-order valence-electron chi connectivity index (χ4n) is 2.65. The van der Waals surface area contributed by atoms with Gasteiger partial charge in [0.15, 0.2) is 0 Å². The average Bonchev–Trinajstić information content (AvgIpc) is 2.64. The van der Waals surface area contributed by atoms with Crippen LogP contribution in [-0.2, 0) is 21.2 Å². The number of nitrogens with one attached hydrogen (secondary N) is 1. The molecule has 2 rings (SSSR count). The Bertz CT molecular complexity index is 821. The van der Waals surface area contributed by atoms with Crippen molar-refractivity contribution in [2.75, 3.05) is 30.3 Å². The number of hydrogen-bond donors (Lipinski definition) is 1. The molecule has 6 nitrogen and oxygen atoms in total. The van der Waals surface area contributed by atoms with Crippen LogP contribution in [0.4, 0.5) is 5.69 Å². The molecule has 1 N–H and O–H groups in total. The van der Waals surface area contributed by atoms with Crippen LogP contribution in [0.1, 0.15) is 18.9 Å². The lowest BCUT2D eigenvalue weighted by molar-refractivity contribution is -0.120. The molecule has 0 saturated heterocycles. The Hall–Kier alpha value is -2.54. The Labute approximate surface area is 161 Å². The molecule has 0 radical (unpaired) electrons. The number of hydrogen-bond acceptors (Lipinski definition) is 4. The molecule has 0 bridgehead atoms. The largest absolute Gasteiger partial charge is 0.494 e. The summed E-state index contributed by atoms with van der Waals surface area (Å²) in [6, 6.07) is 16.6. The van der Waals surface area contributed by atoms with Crippen molar-refractivity contribution in [1.29, 1.82) is 0 Å². The van der Waals surface area contributed by atoms with E-state index in [0.717, 1.165) is 11.8 Å². The van der Waals surface area contributed by atoms with E-state index in [1.165, 1.54) is 4.31 Å². The van der Waals surface area contributed by atoms with Gasteiger partial charge < -0.3 is 10.1 Å². The van der Waals surface area contributed by atoms with Crippen LogP contribution < -0.4 is 14.4 Å². The number of amides is 1. The van der Waals surface area contributed by atoms with Gasteiger partial charge in [-0.05, 0) is 43.2 Å². The van der Waals surface area contributed by atoms with E-state index in [1.54, 1.807) is 24.3 Å². The third-order valence-electron chi connectivity index (χ3n) is 3.96. The molecule has 27 heavy (non-hydrogen) atoms. The maximum Gasteiger partial charge on any atom is 0.232 e. The number of nitrogens with zero attached hydrogens (tertiary/aromatic N) is 1. The number of rotatable bonds is 10. The van der Waals surface area contributed by atoms with Gasteiger partial charge >= 0.3 is 0 Å². The molecule has 0 heterocycles. The molecule has 7 heteroatoms. The molecule has 0 aliphatic heterocycles. The lowest BCUT2D eigenvalue weighted by Gasteiger charge is -2.22. The fourth-order valence-corrected chi connectivity index (χ4v) is 3.58. The van der Waals surface area contributed by atoms with Crippen LogP contribution >= 0.6 is 0 Å². The quantitative estimate of drug-likeness (QED) is 0.677. The van der Waals surface area contributed by atoms with Gasteiger partial charge in [0.2, 0.25) is 15.9 Å². The van der Waals surface area contributed by atoms with Crippen LogP contribution in [-0.4, -0.2) is 40.3 Å². The number of carbonyl (C=O) groups is 1. The molecule has 0 aliphatic carbocycles. The summed E-state index contributed by atoms with van der Waals surface area (Å²) in [7, 11) is -3.46. The SMILES string of the molecule is CCOc1ccc(N(CCNC(=O)CCc2ccccc2)S(C)(=O)=O)cc1. The lowest BCUT2D eigenvalue weighted by Crippen LogP contribution is -2.38. The summed E-state index contributed by atoms with van der Waals surface area (Å²) in [6.45, 7) is 2.85. The maximum absolute atomic E-state index is 12.1. The summed E-state index contributed by atoms with van der Waals surface area (Å²) in [5.74, 6) is 0.586. The molecule has 0 unspecified atom stereocenters. The molecule has 0 fully saturated rings. The molecule has 2 aromatic carbocycles. The zero-order valence-corrected chi connectivity index (χ0v) is 16.5. The molecule has 0 atom stereocenters. The van der Waals surface area contributed by atoms with Crippen LogP contribution in [0, 0.1) is 0 Å². The van der Waals surface area contributed by atoms with E-state index in [0.29, 0.717) is 30.9 Å². The van der Waals surface area contributed by atoms with Gasteiger partial charge in [-0.1, -0.05) is 30.3 Å². The Morgan fingerprint density at radius 2 is 1.74 bits per heavy atom. The van der Waals surface area contributed by atoms with Crippen LogP contribution in [0.15, 0.2) is 54.6 Å². The van der Waals surface area contributed by atoms with Crippen molar-refractivity contribution >= 4 is 21.6 Å². The minimum absolute atomic E-state index is 0.0982. The summed E-state index contributed by atoms with van der Waals surface area (Å²) in [4.78, 5) is 12.0. The highest BCUT2D eigenvalue weighted by atomic mass is 32.2. The first-order valence-corrected chi connectivity index (χ1v) is 10.8. The summed E-state index contributed by atoms with van der Waals surface area (Å²) >= 11 is 0. The second-order valence-corrected chi connectivity index (χ2v) is 8.00. The predicted molar refractivity (Wildman–Crippen MR) is 108 cm³/mol. The molecular formula is C20H26N2O4S. The highest BCUT2D eigenvalue weighted by Gasteiger charge is 2.17. The van der Waals surface area contributed by atoms with Crippen LogP contribution in [0.3, 0.4) is 0 Å². The minimum atomic E-state index is -3.46. The van der Waals surface area contributed by atoms with Gasteiger partial charge in [0.1, 0.15) is 5.75 Å². The third kappa shape index (κ3) is 6.94. The number of benzene rings is 2. The van der Waals surface area contributed by atoms with E-state index in [4.69, 9.17) is 4.74 Å². The first-order valence-electron chi connectivity index (χ1n) is 8.91. The lowest BCUT2D eigenvalue weighted by atomic mass is 10.1. The van der Waals surface area contributed by atoms with Gasteiger partial charge in [-0.25, -0.2) is 8.42 Å². The van der Waals surface area contributed by atoms with Crippen molar-refractivity contribution in [3.05, 3.63) is 60.2 Å². The third-order valence-corrected chi connectivity index (χ3v) is 5.15. The van der Waals surface area contributed by atoms with Gasteiger partial charge in [0.25, 0.3) is 0 Å². The molecule has 0 spiro atoms. The second kappa shape index (κ2) is 9.97. The number of sulfonamides is 1. The number of carbonyl (C=O) groups excluding carboxylic acids is 1. The molecular weight excluding hydrogens is 364 g/mol. The first kappa shape index (κ1) is 20.8. The number of ether oxygens (including phenoxy) is 1. The fraction of sp³-hybridized carbons (Fsp3) is 0.350. The van der Waals surface area contributed by atoms with E-state index in [2.05, 4.69) is 5.32 Å². The summed E-state index contributed by atoms with van der Waals surface area (Å²) < 4.78 is 30.9. The van der Waals surface area contributed by atoms with Crippen LogP contribution in [0.2, 0.25) is 0 Å². The standard InChI is InChI=1S/C20H26N2O4S/c1-3-26-19-12-10-18(11-13-19)22(27(2,24)25)16-15-21-20(23)14-9-17-7-5-4-6-8-17/h4-8,10-13H,3,9,14-16H2,1-2H3,(H,21,23). The van der Waals surface area contributed by atoms with Crippen molar-refractivity contribution in [3.63, 3.8) is 0 Å². The average molecular weight is 391 g/mol. The number of aryl methyl sites for hydroxylation is 1. The topological polar surface area (TPSA) is 75.7 Å². The van der Waals surface area contributed by atoms with E-state index in [9.17, 15) is 13.2 Å². The zero-order valence-electron chi connectivity index (χ0n) is 15.7. The van der Waals surface area contributed by atoms with Gasteiger partial charge in [-0.15, -0.1) is 0 Å². The van der Waals surface area contributed by atoms with Gasteiger partial charge in [0.05, 0.1) is 25.1 Å². The first-order chi connectivity index (χ1) is 12.9. The van der Waals surface area contributed by atoms with Gasteiger partial charge in [-0.2, -0.15) is 0 Å². The summed E-state index contributed by atoms with van der Waals surface area (Å²) in [6.07, 6.45) is 2.17. The zero-order chi connectivity index (χ0) is 19.7. The molecule has 0 saturated carbocycles. The number of anilines is 1.